The molecule has 0 aliphatic heterocycles. The largest absolute Gasteiger partial charge is 0.478 e. The summed E-state index contributed by atoms with van der Waals surface area (Å²) in [5, 5.41) is 8.44. The van der Waals surface area contributed by atoms with Crippen LogP contribution in [-0.4, -0.2) is 17.7 Å². The third-order valence-electron chi connectivity index (χ3n) is 1.97. The topological polar surface area (TPSA) is 46.5 Å². The normalized spacial score (nSPS) is 11.1. The van der Waals surface area contributed by atoms with Gasteiger partial charge in [0.1, 0.15) is 0 Å². The maximum Gasteiger partial charge on any atom is 0.387 e. The summed E-state index contributed by atoms with van der Waals surface area (Å²) in [6.07, 6.45) is 1.73. The van der Waals surface area contributed by atoms with Gasteiger partial charge < -0.3 is 9.84 Å². The van der Waals surface area contributed by atoms with E-state index in [0.717, 1.165) is 18.2 Å². The maximum absolute atomic E-state index is 13.3. The number of halogens is 3. The van der Waals surface area contributed by atoms with Crippen LogP contribution in [0.25, 0.3) is 6.08 Å². The number of carbonyl (C=O) groups is 1. The van der Waals surface area contributed by atoms with E-state index in [4.69, 9.17) is 5.11 Å². The minimum Gasteiger partial charge on any atom is -0.478 e. The molecule has 0 aliphatic carbocycles. The maximum atomic E-state index is 13.3. The molecular weight excluding hydrogens is 237 g/mol. The van der Waals surface area contributed by atoms with E-state index in [2.05, 4.69) is 4.74 Å². The average Bonchev–Trinajstić information content (AvgIpc) is 2.22. The second kappa shape index (κ2) is 5.38. The summed E-state index contributed by atoms with van der Waals surface area (Å²) in [4.78, 5) is 10.3. The highest BCUT2D eigenvalue weighted by Gasteiger charge is 2.15. The van der Waals surface area contributed by atoms with E-state index in [1.165, 1.54) is 13.0 Å². The molecule has 0 saturated carbocycles. The Morgan fingerprint density at radius 2 is 2.12 bits per heavy atom. The molecule has 6 heteroatoms. The molecule has 1 rings (SSSR count). The molecule has 0 heterocycles. The minimum absolute atomic E-state index is 0.0206. The van der Waals surface area contributed by atoms with Gasteiger partial charge in [0.2, 0.25) is 0 Å². The molecule has 0 atom stereocenters. The van der Waals surface area contributed by atoms with Crippen molar-refractivity contribution in [1.82, 2.24) is 0 Å². The molecule has 92 valence electrons. The number of benzene rings is 1. The molecule has 0 amide bonds. The van der Waals surface area contributed by atoms with Gasteiger partial charge in [0.05, 0.1) is 0 Å². The van der Waals surface area contributed by atoms with Gasteiger partial charge in [-0.3, -0.25) is 0 Å². The summed E-state index contributed by atoms with van der Waals surface area (Å²) in [5.41, 5.74) is 0.409. The Morgan fingerprint density at radius 1 is 1.47 bits per heavy atom. The molecule has 1 N–H and O–H groups in total. The van der Waals surface area contributed by atoms with Crippen LogP contribution in [-0.2, 0) is 4.79 Å². The summed E-state index contributed by atoms with van der Waals surface area (Å²) in [7, 11) is 0. The molecular formula is C11H9F3O3. The third-order valence-corrected chi connectivity index (χ3v) is 1.97. The fourth-order valence-corrected chi connectivity index (χ4v) is 1.24. The lowest BCUT2D eigenvalue weighted by atomic mass is 10.1. The van der Waals surface area contributed by atoms with Crippen molar-refractivity contribution < 1.29 is 27.8 Å². The highest BCUT2D eigenvalue weighted by molar-refractivity contribution is 5.86. The third kappa shape index (κ3) is 3.51. The van der Waals surface area contributed by atoms with Gasteiger partial charge in [-0.25, -0.2) is 9.18 Å². The predicted molar refractivity (Wildman–Crippen MR) is 54.4 cm³/mol. The van der Waals surface area contributed by atoms with Crippen LogP contribution >= 0.6 is 0 Å². The lowest BCUT2D eigenvalue weighted by Gasteiger charge is -2.11. The Hall–Kier alpha value is -1.98. The van der Waals surface area contributed by atoms with Crippen LogP contribution in [0.5, 0.6) is 5.75 Å². The number of aryl methyl sites for hydroxylation is 1. The molecule has 17 heavy (non-hydrogen) atoms. The van der Waals surface area contributed by atoms with E-state index >= 15 is 0 Å². The predicted octanol–water partition coefficient (Wildman–Crippen LogP) is 2.83. The highest BCUT2D eigenvalue weighted by atomic mass is 19.3. The quantitative estimate of drug-likeness (QED) is 0.831. The molecule has 0 bridgehead atoms. The van der Waals surface area contributed by atoms with E-state index in [1.807, 2.05) is 0 Å². The standard InChI is InChI=1S/C11H9F3O3/c1-6-2-4-8(12)10(17-11(13)14)7(6)3-5-9(15)16/h2-5,11H,1H3,(H,15,16)/b5-3+. The Labute approximate surface area is 95.1 Å². The van der Waals surface area contributed by atoms with Crippen LogP contribution in [0.3, 0.4) is 0 Å². The second-order valence-electron chi connectivity index (χ2n) is 3.16. The number of alkyl halides is 2. The first-order chi connectivity index (χ1) is 7.91. The zero-order valence-corrected chi connectivity index (χ0v) is 8.78. The van der Waals surface area contributed by atoms with Crippen molar-refractivity contribution >= 4 is 12.0 Å². The minimum atomic E-state index is -3.18. The lowest BCUT2D eigenvalue weighted by molar-refractivity contribution is -0.131. The summed E-state index contributed by atoms with van der Waals surface area (Å²) < 4.78 is 41.5. The number of rotatable bonds is 4. The van der Waals surface area contributed by atoms with E-state index < -0.39 is 24.1 Å². The fraction of sp³-hybridized carbons (Fsp3) is 0.182. The van der Waals surface area contributed by atoms with Crippen LogP contribution in [0.4, 0.5) is 13.2 Å². The summed E-state index contributed by atoms with van der Waals surface area (Å²) in [6.45, 7) is -1.65. The van der Waals surface area contributed by atoms with Gasteiger partial charge in [-0.05, 0) is 24.6 Å². The Kier molecular flexibility index (Phi) is 4.14. The van der Waals surface area contributed by atoms with E-state index in [0.29, 0.717) is 5.56 Å². The van der Waals surface area contributed by atoms with Gasteiger partial charge in [0.15, 0.2) is 11.6 Å². The molecule has 0 aromatic heterocycles. The zero-order chi connectivity index (χ0) is 13.0. The van der Waals surface area contributed by atoms with E-state index in [9.17, 15) is 18.0 Å². The van der Waals surface area contributed by atoms with Gasteiger partial charge in [-0.1, -0.05) is 6.07 Å². The van der Waals surface area contributed by atoms with Gasteiger partial charge in [0.25, 0.3) is 0 Å². The molecule has 0 saturated heterocycles. The summed E-state index contributed by atoms with van der Waals surface area (Å²) in [6, 6.07) is 2.32. The first kappa shape index (κ1) is 13.1. The average molecular weight is 246 g/mol. The summed E-state index contributed by atoms with van der Waals surface area (Å²) in [5.74, 6) is -2.89. The van der Waals surface area contributed by atoms with Crippen molar-refractivity contribution in [3.63, 3.8) is 0 Å². The van der Waals surface area contributed by atoms with E-state index in [1.54, 1.807) is 0 Å². The van der Waals surface area contributed by atoms with Crippen LogP contribution in [0.1, 0.15) is 11.1 Å². The molecule has 0 radical (unpaired) electrons. The van der Waals surface area contributed by atoms with Gasteiger partial charge >= 0.3 is 12.6 Å². The van der Waals surface area contributed by atoms with Crippen molar-refractivity contribution in [3.05, 3.63) is 35.2 Å². The van der Waals surface area contributed by atoms with Crippen LogP contribution < -0.4 is 4.74 Å². The molecule has 0 fully saturated rings. The van der Waals surface area contributed by atoms with Gasteiger partial charge in [0, 0.05) is 11.6 Å². The SMILES string of the molecule is Cc1ccc(F)c(OC(F)F)c1/C=C/C(=O)O. The molecule has 1 aromatic rings. The Bertz CT molecular complexity index is 456. The Balaban J connectivity index is 3.24. The number of hydrogen-bond acceptors (Lipinski definition) is 2. The van der Waals surface area contributed by atoms with Gasteiger partial charge in [-0.2, -0.15) is 8.78 Å². The fourth-order valence-electron chi connectivity index (χ4n) is 1.24. The molecule has 0 spiro atoms. The molecule has 1 aromatic carbocycles. The lowest BCUT2D eigenvalue weighted by Crippen LogP contribution is -2.06. The Morgan fingerprint density at radius 3 is 2.65 bits per heavy atom. The number of hydrogen-bond donors (Lipinski definition) is 1. The van der Waals surface area contributed by atoms with Crippen molar-refractivity contribution in [3.8, 4) is 5.75 Å². The monoisotopic (exact) mass is 246 g/mol. The molecule has 0 aliphatic rings. The van der Waals surface area contributed by atoms with Gasteiger partial charge in [-0.15, -0.1) is 0 Å². The number of aliphatic carboxylic acids is 1. The van der Waals surface area contributed by atoms with E-state index in [-0.39, 0.29) is 5.56 Å². The molecule has 0 unspecified atom stereocenters. The first-order valence-electron chi connectivity index (χ1n) is 4.56. The van der Waals surface area contributed by atoms with Crippen molar-refractivity contribution in [1.29, 1.82) is 0 Å². The van der Waals surface area contributed by atoms with Crippen molar-refractivity contribution in [2.75, 3.05) is 0 Å². The van der Waals surface area contributed by atoms with Crippen LogP contribution in [0.2, 0.25) is 0 Å². The second-order valence-corrected chi connectivity index (χ2v) is 3.16. The van der Waals surface area contributed by atoms with Crippen LogP contribution in [0.15, 0.2) is 18.2 Å². The molecule has 3 nitrogen and oxygen atoms in total. The smallest absolute Gasteiger partial charge is 0.387 e. The number of carboxylic acids is 1. The zero-order valence-electron chi connectivity index (χ0n) is 8.78. The number of carboxylic acid groups (broad SMARTS) is 1. The summed E-state index contributed by atoms with van der Waals surface area (Å²) >= 11 is 0. The first-order valence-corrected chi connectivity index (χ1v) is 4.56. The van der Waals surface area contributed by atoms with Crippen molar-refractivity contribution in [2.24, 2.45) is 0 Å². The van der Waals surface area contributed by atoms with Crippen molar-refractivity contribution in [2.45, 2.75) is 13.5 Å². The highest BCUT2D eigenvalue weighted by Crippen LogP contribution is 2.28. The van der Waals surface area contributed by atoms with Crippen LogP contribution in [0, 0.1) is 12.7 Å². The number of ether oxygens (including phenoxy) is 1.